The third-order valence-corrected chi connectivity index (χ3v) is 6.91. The molecule has 1 saturated heterocycles. The van der Waals surface area contributed by atoms with E-state index < -0.39 is 10.0 Å². The lowest BCUT2D eigenvalue weighted by Gasteiger charge is -2.37. The van der Waals surface area contributed by atoms with Gasteiger partial charge in [-0.15, -0.1) is 11.3 Å². The molecule has 0 spiro atoms. The summed E-state index contributed by atoms with van der Waals surface area (Å²) in [4.78, 5) is 2.45. The molecule has 0 bridgehead atoms. The summed E-state index contributed by atoms with van der Waals surface area (Å²) in [5, 5.41) is 3.07. The molecule has 1 aliphatic rings. The Hall–Kier alpha value is -0.430. The molecule has 1 aromatic rings. The molecule has 1 fully saturated rings. The predicted octanol–water partition coefficient (Wildman–Crippen LogP) is 2.59. The molecule has 0 unspecified atom stereocenters. The molecule has 0 atom stereocenters. The van der Waals surface area contributed by atoms with Crippen LogP contribution in [0.1, 0.15) is 36.4 Å². The lowest BCUT2D eigenvalue weighted by Crippen LogP contribution is -2.43. The third kappa shape index (κ3) is 3.24. The first-order valence-corrected chi connectivity index (χ1v) is 9.26. The Bertz CT molecular complexity index is 576. The van der Waals surface area contributed by atoms with Crippen LogP contribution in [0.4, 0.5) is 0 Å². The van der Waals surface area contributed by atoms with Crippen molar-refractivity contribution in [2.24, 2.45) is 5.41 Å². The minimum atomic E-state index is -3.35. The zero-order chi connectivity index (χ0) is 15.0. The number of hydrogen-bond donors (Lipinski definition) is 1. The number of piperidine rings is 1. The molecule has 114 valence electrons. The van der Waals surface area contributed by atoms with Crippen molar-refractivity contribution >= 4 is 21.4 Å². The van der Waals surface area contributed by atoms with Gasteiger partial charge in [-0.3, -0.25) is 0 Å². The lowest BCUT2D eigenvalue weighted by molar-refractivity contribution is 0.187. The van der Waals surface area contributed by atoms with Gasteiger partial charge in [-0.05, 0) is 38.3 Å². The van der Waals surface area contributed by atoms with E-state index in [0.717, 1.165) is 22.6 Å². The Morgan fingerprint density at radius 3 is 2.75 bits per heavy atom. The molecule has 1 N–H and O–H groups in total. The van der Waals surface area contributed by atoms with Crippen LogP contribution >= 0.6 is 11.3 Å². The second kappa shape index (κ2) is 5.75. The van der Waals surface area contributed by atoms with Gasteiger partial charge in [-0.1, -0.05) is 13.8 Å². The normalized spacial score (nSPS) is 20.2. The summed E-state index contributed by atoms with van der Waals surface area (Å²) in [5.41, 5.74) is 0.0725. The van der Waals surface area contributed by atoms with Crippen LogP contribution in [-0.2, 0) is 16.6 Å². The molecule has 6 heteroatoms. The summed E-state index contributed by atoms with van der Waals surface area (Å²) >= 11 is 1.56. The molecule has 0 saturated carbocycles. The maximum atomic E-state index is 12.8. The summed E-state index contributed by atoms with van der Waals surface area (Å²) in [6, 6.07) is 1.83. The molecule has 0 aromatic carbocycles. The Balaban J connectivity index is 2.30. The van der Waals surface area contributed by atoms with E-state index in [1.165, 1.54) is 0 Å². The number of thiophene rings is 1. The second-order valence-corrected chi connectivity index (χ2v) is 9.52. The monoisotopic (exact) mass is 316 g/mol. The number of sulfonamides is 1. The van der Waals surface area contributed by atoms with Gasteiger partial charge in [0.2, 0.25) is 10.0 Å². The van der Waals surface area contributed by atoms with Crippen molar-refractivity contribution in [3.63, 3.8) is 0 Å². The van der Waals surface area contributed by atoms with E-state index in [0.29, 0.717) is 24.5 Å². The highest BCUT2D eigenvalue weighted by molar-refractivity contribution is 7.89. The fourth-order valence-corrected chi connectivity index (χ4v) is 6.04. The smallest absolute Gasteiger partial charge is 0.244 e. The standard InChI is InChI=1S/C14H24N2O2S2/c1-11-13(8-12(19-11)9-15-4)20(17,18)16-7-5-6-14(2,3)10-16/h8,15H,5-7,9-10H2,1-4H3. The van der Waals surface area contributed by atoms with Crippen LogP contribution in [0.25, 0.3) is 0 Å². The lowest BCUT2D eigenvalue weighted by atomic mass is 9.85. The molecular weight excluding hydrogens is 292 g/mol. The van der Waals surface area contributed by atoms with Gasteiger partial charge in [0.15, 0.2) is 0 Å². The number of hydrogen-bond acceptors (Lipinski definition) is 4. The highest BCUT2D eigenvalue weighted by Gasteiger charge is 2.35. The van der Waals surface area contributed by atoms with Crippen molar-refractivity contribution in [1.29, 1.82) is 0 Å². The minimum Gasteiger partial charge on any atom is -0.315 e. The van der Waals surface area contributed by atoms with E-state index in [4.69, 9.17) is 0 Å². The largest absolute Gasteiger partial charge is 0.315 e. The average molecular weight is 316 g/mol. The van der Waals surface area contributed by atoms with Crippen molar-refractivity contribution in [3.05, 3.63) is 15.8 Å². The molecule has 0 amide bonds. The zero-order valence-corrected chi connectivity index (χ0v) is 14.3. The summed E-state index contributed by atoms with van der Waals surface area (Å²) in [5.74, 6) is 0. The Labute approximate surface area is 126 Å². The van der Waals surface area contributed by atoms with Crippen LogP contribution in [0.5, 0.6) is 0 Å². The average Bonchev–Trinajstić information content (AvgIpc) is 2.70. The van der Waals surface area contributed by atoms with Gasteiger partial charge in [0, 0.05) is 29.4 Å². The van der Waals surface area contributed by atoms with Crippen LogP contribution in [0.2, 0.25) is 0 Å². The van der Waals surface area contributed by atoms with E-state index in [-0.39, 0.29) is 5.41 Å². The van der Waals surface area contributed by atoms with Crippen LogP contribution in [0.3, 0.4) is 0 Å². The molecule has 2 heterocycles. The molecular formula is C14H24N2O2S2. The van der Waals surface area contributed by atoms with Gasteiger partial charge >= 0.3 is 0 Å². The summed E-state index contributed by atoms with van der Waals surface area (Å²) < 4.78 is 27.3. The van der Waals surface area contributed by atoms with Gasteiger partial charge in [-0.2, -0.15) is 4.31 Å². The fraction of sp³-hybridized carbons (Fsp3) is 0.714. The van der Waals surface area contributed by atoms with E-state index in [1.54, 1.807) is 15.6 Å². The zero-order valence-electron chi connectivity index (χ0n) is 12.7. The molecule has 1 aromatic heterocycles. The van der Waals surface area contributed by atoms with Gasteiger partial charge in [0.1, 0.15) is 0 Å². The highest BCUT2D eigenvalue weighted by Crippen LogP contribution is 2.34. The fourth-order valence-electron chi connectivity index (χ4n) is 2.76. The molecule has 2 rings (SSSR count). The molecule has 4 nitrogen and oxygen atoms in total. The number of aryl methyl sites for hydroxylation is 1. The maximum Gasteiger partial charge on any atom is 0.244 e. The van der Waals surface area contributed by atoms with Crippen LogP contribution < -0.4 is 5.32 Å². The van der Waals surface area contributed by atoms with Crippen LogP contribution in [0.15, 0.2) is 11.0 Å². The topological polar surface area (TPSA) is 49.4 Å². The van der Waals surface area contributed by atoms with E-state index >= 15 is 0 Å². The van der Waals surface area contributed by atoms with Crippen molar-refractivity contribution in [1.82, 2.24) is 9.62 Å². The highest BCUT2D eigenvalue weighted by atomic mass is 32.2. The third-order valence-electron chi connectivity index (χ3n) is 3.76. The Kier molecular flexibility index (Phi) is 4.59. The van der Waals surface area contributed by atoms with Gasteiger partial charge < -0.3 is 5.32 Å². The molecule has 1 aliphatic heterocycles. The van der Waals surface area contributed by atoms with Crippen LogP contribution in [0, 0.1) is 12.3 Å². The Morgan fingerprint density at radius 1 is 1.45 bits per heavy atom. The summed E-state index contributed by atoms with van der Waals surface area (Å²) in [6.45, 7) is 8.15. The first-order valence-electron chi connectivity index (χ1n) is 7.00. The minimum absolute atomic E-state index is 0.0725. The van der Waals surface area contributed by atoms with E-state index in [9.17, 15) is 8.42 Å². The number of nitrogens with one attached hydrogen (secondary N) is 1. The molecule has 0 aliphatic carbocycles. The van der Waals surface area contributed by atoms with Crippen molar-refractivity contribution in [3.8, 4) is 0 Å². The van der Waals surface area contributed by atoms with Crippen molar-refractivity contribution in [2.75, 3.05) is 20.1 Å². The van der Waals surface area contributed by atoms with Gasteiger partial charge in [0.25, 0.3) is 0 Å². The summed E-state index contributed by atoms with van der Waals surface area (Å²) in [7, 11) is -1.47. The quantitative estimate of drug-likeness (QED) is 0.929. The van der Waals surface area contributed by atoms with Crippen LogP contribution in [-0.4, -0.2) is 32.9 Å². The predicted molar refractivity (Wildman–Crippen MR) is 83.6 cm³/mol. The van der Waals surface area contributed by atoms with E-state index in [1.807, 2.05) is 20.0 Å². The van der Waals surface area contributed by atoms with Gasteiger partial charge in [-0.25, -0.2) is 8.42 Å². The van der Waals surface area contributed by atoms with Gasteiger partial charge in [0.05, 0.1) is 4.90 Å². The van der Waals surface area contributed by atoms with Crippen molar-refractivity contribution in [2.45, 2.75) is 45.1 Å². The summed E-state index contributed by atoms with van der Waals surface area (Å²) in [6.07, 6.45) is 2.03. The Morgan fingerprint density at radius 2 is 2.15 bits per heavy atom. The molecule has 0 radical (unpaired) electrons. The SMILES string of the molecule is CNCc1cc(S(=O)(=O)N2CCCC(C)(C)C2)c(C)s1. The van der Waals surface area contributed by atoms with E-state index in [2.05, 4.69) is 19.2 Å². The first kappa shape index (κ1) is 15.9. The first-order chi connectivity index (χ1) is 9.26. The second-order valence-electron chi connectivity index (χ2n) is 6.27. The molecule has 20 heavy (non-hydrogen) atoms. The van der Waals surface area contributed by atoms with Crippen molar-refractivity contribution < 1.29 is 8.42 Å². The number of nitrogens with zero attached hydrogens (tertiary/aromatic N) is 1. The maximum absolute atomic E-state index is 12.8. The number of rotatable bonds is 4.